The summed E-state index contributed by atoms with van der Waals surface area (Å²) in [4.78, 5) is 32.1. The highest BCUT2D eigenvalue weighted by molar-refractivity contribution is 5.78. The zero-order chi connectivity index (χ0) is 20.7. The summed E-state index contributed by atoms with van der Waals surface area (Å²) in [7, 11) is 8.54. The lowest BCUT2D eigenvalue weighted by atomic mass is 10.1. The number of benzene rings is 1. The number of nitrogens with zero attached hydrogens (tertiary/aromatic N) is 4. The number of methoxy groups -OCH3 is 2. The van der Waals surface area contributed by atoms with Crippen molar-refractivity contribution in [3.63, 3.8) is 0 Å². The highest BCUT2D eigenvalue weighted by Gasteiger charge is 2.23. The van der Waals surface area contributed by atoms with Gasteiger partial charge in [0.2, 0.25) is 11.8 Å². The van der Waals surface area contributed by atoms with Crippen molar-refractivity contribution in [3.8, 4) is 11.5 Å². The second-order valence-corrected chi connectivity index (χ2v) is 7.24. The maximum Gasteiger partial charge on any atom is 0.236 e. The molecule has 2 amide bonds. The molecule has 0 spiro atoms. The number of para-hydroxylation sites is 1. The normalized spacial score (nSPS) is 15.2. The number of hydrogen-bond donors (Lipinski definition) is 0. The molecule has 1 aliphatic rings. The van der Waals surface area contributed by atoms with Crippen LogP contribution in [-0.4, -0.2) is 106 Å². The number of carbonyl (C=O) groups is 2. The number of rotatable bonds is 8. The van der Waals surface area contributed by atoms with E-state index in [2.05, 4.69) is 9.80 Å². The van der Waals surface area contributed by atoms with Crippen LogP contribution in [-0.2, 0) is 16.1 Å². The zero-order valence-corrected chi connectivity index (χ0v) is 17.6. The molecule has 0 unspecified atom stereocenters. The van der Waals surface area contributed by atoms with Gasteiger partial charge in [0.05, 0.1) is 27.3 Å². The van der Waals surface area contributed by atoms with E-state index in [-0.39, 0.29) is 11.8 Å². The molecule has 1 aromatic carbocycles. The lowest BCUT2D eigenvalue weighted by Gasteiger charge is -2.35. The minimum absolute atomic E-state index is 0.0580. The van der Waals surface area contributed by atoms with E-state index >= 15 is 0 Å². The molecule has 28 heavy (non-hydrogen) atoms. The molecule has 0 radical (unpaired) electrons. The highest BCUT2D eigenvalue weighted by Crippen LogP contribution is 2.31. The number of amides is 2. The van der Waals surface area contributed by atoms with Crippen molar-refractivity contribution in [1.29, 1.82) is 0 Å². The Morgan fingerprint density at radius 1 is 0.929 bits per heavy atom. The third-order valence-corrected chi connectivity index (χ3v) is 5.00. The maximum absolute atomic E-state index is 12.7. The predicted molar refractivity (Wildman–Crippen MR) is 108 cm³/mol. The van der Waals surface area contributed by atoms with E-state index in [4.69, 9.17) is 9.47 Å². The average molecular weight is 393 g/mol. The molecular weight excluding hydrogens is 360 g/mol. The van der Waals surface area contributed by atoms with Gasteiger partial charge in [-0.25, -0.2) is 0 Å². The molecule has 2 rings (SSSR count). The average Bonchev–Trinajstić information content (AvgIpc) is 2.68. The van der Waals surface area contributed by atoms with Crippen LogP contribution in [0.5, 0.6) is 11.5 Å². The molecule has 0 atom stereocenters. The topological polar surface area (TPSA) is 65.6 Å². The van der Waals surface area contributed by atoms with E-state index in [9.17, 15) is 9.59 Å². The summed E-state index contributed by atoms with van der Waals surface area (Å²) in [5, 5.41) is 0. The smallest absolute Gasteiger partial charge is 0.236 e. The molecule has 1 heterocycles. The Morgan fingerprint density at radius 3 is 2.00 bits per heavy atom. The Bertz CT molecular complexity index is 672. The highest BCUT2D eigenvalue weighted by atomic mass is 16.5. The molecule has 0 aromatic heterocycles. The molecule has 1 aromatic rings. The van der Waals surface area contributed by atoms with Gasteiger partial charge in [-0.15, -0.1) is 0 Å². The fraction of sp³-hybridized carbons (Fsp3) is 0.600. The fourth-order valence-corrected chi connectivity index (χ4v) is 3.17. The first-order chi connectivity index (χ1) is 13.3. The Balaban J connectivity index is 1.85. The van der Waals surface area contributed by atoms with Crippen molar-refractivity contribution in [2.75, 3.05) is 74.6 Å². The molecule has 0 aliphatic carbocycles. The summed E-state index contributed by atoms with van der Waals surface area (Å²) in [6.07, 6.45) is 0. The van der Waals surface area contributed by atoms with Crippen LogP contribution in [0, 0.1) is 0 Å². The number of piperazine rings is 1. The van der Waals surface area contributed by atoms with Gasteiger partial charge in [-0.3, -0.25) is 19.4 Å². The van der Waals surface area contributed by atoms with E-state index in [0.717, 1.165) is 31.7 Å². The van der Waals surface area contributed by atoms with Crippen molar-refractivity contribution in [2.24, 2.45) is 0 Å². The second-order valence-electron chi connectivity index (χ2n) is 7.24. The van der Waals surface area contributed by atoms with Crippen LogP contribution in [0.4, 0.5) is 0 Å². The van der Waals surface area contributed by atoms with Gasteiger partial charge >= 0.3 is 0 Å². The van der Waals surface area contributed by atoms with Gasteiger partial charge in [-0.05, 0) is 6.07 Å². The van der Waals surface area contributed by atoms with E-state index < -0.39 is 0 Å². The van der Waals surface area contributed by atoms with Gasteiger partial charge < -0.3 is 19.3 Å². The molecule has 8 nitrogen and oxygen atoms in total. The minimum Gasteiger partial charge on any atom is -0.493 e. The van der Waals surface area contributed by atoms with Crippen LogP contribution in [0.3, 0.4) is 0 Å². The third-order valence-electron chi connectivity index (χ3n) is 5.00. The molecule has 1 aliphatic heterocycles. The van der Waals surface area contributed by atoms with Gasteiger partial charge in [0.15, 0.2) is 11.5 Å². The van der Waals surface area contributed by atoms with E-state index in [1.54, 1.807) is 45.2 Å². The molecule has 1 saturated heterocycles. The lowest BCUT2D eigenvalue weighted by Crippen LogP contribution is -2.51. The summed E-state index contributed by atoms with van der Waals surface area (Å²) >= 11 is 0. The summed E-state index contributed by atoms with van der Waals surface area (Å²) < 4.78 is 10.8. The molecule has 8 heteroatoms. The van der Waals surface area contributed by atoms with Crippen molar-refractivity contribution >= 4 is 11.8 Å². The Morgan fingerprint density at radius 2 is 1.50 bits per heavy atom. The summed E-state index contributed by atoms with van der Waals surface area (Å²) in [5.41, 5.74) is 0.907. The van der Waals surface area contributed by atoms with E-state index in [0.29, 0.717) is 31.1 Å². The fourth-order valence-electron chi connectivity index (χ4n) is 3.17. The van der Waals surface area contributed by atoms with E-state index in [1.807, 2.05) is 18.2 Å². The van der Waals surface area contributed by atoms with Gasteiger partial charge in [0, 0.05) is 59.4 Å². The molecule has 156 valence electrons. The Hall–Kier alpha value is -2.32. The van der Waals surface area contributed by atoms with Crippen LogP contribution in [0.2, 0.25) is 0 Å². The maximum atomic E-state index is 12.7. The predicted octanol–water partition coefficient (Wildman–Crippen LogP) is 0.368. The molecule has 1 fully saturated rings. The first kappa shape index (κ1) is 22.0. The van der Waals surface area contributed by atoms with Gasteiger partial charge in [-0.1, -0.05) is 12.1 Å². The lowest BCUT2D eigenvalue weighted by molar-refractivity contribution is -0.133. The molecule has 0 N–H and O–H groups in total. The largest absolute Gasteiger partial charge is 0.493 e. The summed E-state index contributed by atoms with van der Waals surface area (Å²) in [6.45, 7) is 4.41. The quantitative estimate of drug-likeness (QED) is 0.637. The molecular formula is C20H32N4O4. The third kappa shape index (κ3) is 5.84. The number of ether oxygens (including phenoxy) is 2. The first-order valence-electron chi connectivity index (χ1n) is 9.44. The number of carbonyl (C=O) groups excluding carboxylic acids is 2. The molecule has 0 bridgehead atoms. The Kier molecular flexibility index (Phi) is 8.07. The van der Waals surface area contributed by atoms with Crippen molar-refractivity contribution in [3.05, 3.63) is 23.8 Å². The monoisotopic (exact) mass is 392 g/mol. The summed E-state index contributed by atoms with van der Waals surface area (Å²) in [5.74, 6) is 1.48. The van der Waals surface area contributed by atoms with Crippen LogP contribution < -0.4 is 9.47 Å². The van der Waals surface area contributed by atoms with Crippen LogP contribution in [0.1, 0.15) is 5.56 Å². The number of hydrogen-bond acceptors (Lipinski definition) is 6. The SMILES string of the molecule is COc1cccc(CN(C)C(=O)CN2CCN(CC(=O)N(C)C)CC2)c1OC. The second kappa shape index (κ2) is 10.3. The Labute approximate surface area is 167 Å². The van der Waals surface area contributed by atoms with E-state index in [1.165, 1.54) is 0 Å². The van der Waals surface area contributed by atoms with Gasteiger partial charge in [0.25, 0.3) is 0 Å². The standard InChI is InChI=1S/C20H32N4O4/c1-21(2)18(25)14-23-9-11-24(12-10-23)15-19(26)22(3)13-16-7-6-8-17(27-4)20(16)28-5/h6-8H,9-15H2,1-5H3. The van der Waals surface area contributed by atoms with Crippen molar-refractivity contribution < 1.29 is 19.1 Å². The summed E-state index contributed by atoms with van der Waals surface area (Å²) in [6, 6.07) is 5.67. The van der Waals surface area contributed by atoms with Crippen LogP contribution in [0.15, 0.2) is 18.2 Å². The number of likely N-dealkylation sites (N-methyl/N-ethyl adjacent to an activating group) is 2. The van der Waals surface area contributed by atoms with Crippen LogP contribution >= 0.6 is 0 Å². The van der Waals surface area contributed by atoms with Crippen LogP contribution in [0.25, 0.3) is 0 Å². The van der Waals surface area contributed by atoms with Crippen molar-refractivity contribution in [1.82, 2.24) is 19.6 Å². The van der Waals surface area contributed by atoms with Gasteiger partial charge in [-0.2, -0.15) is 0 Å². The first-order valence-corrected chi connectivity index (χ1v) is 9.44. The van der Waals surface area contributed by atoms with Gasteiger partial charge in [0.1, 0.15) is 0 Å². The minimum atomic E-state index is 0.0580. The zero-order valence-electron chi connectivity index (χ0n) is 17.6. The molecule has 0 saturated carbocycles. The van der Waals surface area contributed by atoms with Crippen molar-refractivity contribution in [2.45, 2.75) is 6.54 Å².